The van der Waals surface area contributed by atoms with Gasteiger partial charge in [-0.15, -0.1) is 10.2 Å². The highest BCUT2D eigenvalue weighted by molar-refractivity contribution is 7.80. The van der Waals surface area contributed by atoms with Gasteiger partial charge in [-0.2, -0.15) is 12.6 Å². The Morgan fingerprint density at radius 2 is 1.80 bits per heavy atom. The van der Waals surface area contributed by atoms with Crippen LogP contribution in [-0.2, 0) is 6.42 Å². The van der Waals surface area contributed by atoms with Crippen LogP contribution in [0.15, 0.2) is 63.8 Å². The van der Waals surface area contributed by atoms with Gasteiger partial charge in [0.1, 0.15) is 11.1 Å². The first-order valence-corrected chi connectivity index (χ1v) is 8.25. The maximum absolute atomic E-state index is 12.2. The topological polar surface area (TPSA) is 84.7 Å². The van der Waals surface area contributed by atoms with Gasteiger partial charge in [0.25, 0.3) is 5.56 Å². The quantitative estimate of drug-likeness (QED) is 0.553. The van der Waals surface area contributed by atoms with Gasteiger partial charge < -0.3 is 9.40 Å². The van der Waals surface area contributed by atoms with Crippen molar-refractivity contribution in [3.63, 3.8) is 0 Å². The van der Waals surface area contributed by atoms with Gasteiger partial charge >= 0.3 is 0 Å². The number of para-hydroxylation sites is 1. The molecular weight excluding hydrogens is 336 g/mol. The highest BCUT2D eigenvalue weighted by atomic mass is 32.1. The molecule has 6 nitrogen and oxygen atoms in total. The van der Waals surface area contributed by atoms with Crippen LogP contribution in [0.4, 0.5) is 0 Å². The minimum absolute atomic E-state index is 0.219. The maximum atomic E-state index is 12.2. The molecule has 0 amide bonds. The molecule has 25 heavy (non-hydrogen) atoms. The van der Waals surface area contributed by atoms with E-state index in [1.54, 1.807) is 18.2 Å². The van der Waals surface area contributed by atoms with E-state index >= 15 is 0 Å². The van der Waals surface area contributed by atoms with Crippen LogP contribution in [-0.4, -0.2) is 20.2 Å². The standard InChI is InChI=1S/C18H14N4O2S/c23-17-12-8-4-5-9-13(12)19-16(20-17)15(25)18-22-21-14(24-18)10-11-6-2-1-3-7-11/h1-9,15,25H,10H2,(H,19,20,23). The molecule has 0 saturated heterocycles. The fourth-order valence-electron chi connectivity index (χ4n) is 2.57. The lowest BCUT2D eigenvalue weighted by molar-refractivity contribution is 0.461. The van der Waals surface area contributed by atoms with Crippen LogP contribution in [0.1, 0.15) is 28.4 Å². The van der Waals surface area contributed by atoms with Crippen LogP contribution < -0.4 is 5.56 Å². The minimum atomic E-state index is -0.602. The predicted octanol–water partition coefficient (Wildman–Crippen LogP) is 2.92. The molecule has 124 valence electrons. The van der Waals surface area contributed by atoms with Crippen LogP contribution in [0.2, 0.25) is 0 Å². The van der Waals surface area contributed by atoms with E-state index in [0.29, 0.717) is 34.9 Å². The monoisotopic (exact) mass is 350 g/mol. The maximum Gasteiger partial charge on any atom is 0.258 e. The first-order valence-electron chi connectivity index (χ1n) is 7.74. The summed E-state index contributed by atoms with van der Waals surface area (Å²) < 4.78 is 5.70. The fourth-order valence-corrected chi connectivity index (χ4v) is 2.80. The summed E-state index contributed by atoms with van der Waals surface area (Å²) in [6, 6.07) is 17.0. The number of nitrogens with zero attached hydrogens (tertiary/aromatic N) is 3. The van der Waals surface area contributed by atoms with E-state index in [9.17, 15) is 4.79 Å². The van der Waals surface area contributed by atoms with Crippen molar-refractivity contribution in [3.05, 3.63) is 88.1 Å². The first kappa shape index (κ1) is 15.6. The van der Waals surface area contributed by atoms with Crippen LogP contribution >= 0.6 is 12.6 Å². The lowest BCUT2D eigenvalue weighted by atomic mass is 10.2. The van der Waals surface area contributed by atoms with Gasteiger partial charge in [0.15, 0.2) is 0 Å². The van der Waals surface area contributed by atoms with E-state index in [0.717, 1.165) is 5.56 Å². The van der Waals surface area contributed by atoms with Crippen molar-refractivity contribution in [2.45, 2.75) is 11.7 Å². The zero-order valence-electron chi connectivity index (χ0n) is 13.1. The highest BCUT2D eigenvalue weighted by Crippen LogP contribution is 2.25. The van der Waals surface area contributed by atoms with E-state index in [4.69, 9.17) is 4.42 Å². The van der Waals surface area contributed by atoms with Gasteiger partial charge in [0.2, 0.25) is 11.8 Å². The molecule has 0 fully saturated rings. The van der Waals surface area contributed by atoms with E-state index in [-0.39, 0.29) is 5.56 Å². The van der Waals surface area contributed by atoms with Gasteiger partial charge in [-0.25, -0.2) is 4.98 Å². The molecule has 2 aromatic heterocycles. The molecule has 0 spiro atoms. The SMILES string of the molecule is O=c1[nH]c(C(S)c2nnc(Cc3ccccc3)o2)nc2ccccc12. The Bertz CT molecular complexity index is 1080. The van der Waals surface area contributed by atoms with Crippen molar-refractivity contribution in [1.29, 1.82) is 0 Å². The zero-order chi connectivity index (χ0) is 17.2. The van der Waals surface area contributed by atoms with Crippen molar-refractivity contribution in [2.75, 3.05) is 0 Å². The molecule has 2 aromatic carbocycles. The molecule has 0 bridgehead atoms. The molecule has 2 heterocycles. The summed E-state index contributed by atoms with van der Waals surface area (Å²) in [5, 5.41) is 8.03. The van der Waals surface area contributed by atoms with Crippen LogP contribution in [0.5, 0.6) is 0 Å². The Labute approximate surface area is 148 Å². The number of aromatic nitrogens is 4. The van der Waals surface area contributed by atoms with Crippen LogP contribution in [0.3, 0.4) is 0 Å². The number of benzene rings is 2. The molecule has 4 rings (SSSR count). The Morgan fingerprint density at radius 3 is 2.64 bits per heavy atom. The molecule has 0 aliphatic heterocycles. The molecule has 0 saturated carbocycles. The smallest absolute Gasteiger partial charge is 0.258 e. The van der Waals surface area contributed by atoms with E-state index in [2.05, 4.69) is 32.8 Å². The molecule has 4 aromatic rings. The van der Waals surface area contributed by atoms with Gasteiger partial charge in [-0.3, -0.25) is 4.79 Å². The number of hydrogen-bond acceptors (Lipinski definition) is 6. The average molecular weight is 350 g/mol. The van der Waals surface area contributed by atoms with Crippen molar-refractivity contribution in [1.82, 2.24) is 20.2 Å². The van der Waals surface area contributed by atoms with E-state index in [1.165, 1.54) is 0 Å². The lowest BCUT2D eigenvalue weighted by Crippen LogP contribution is -2.13. The normalized spacial score (nSPS) is 12.4. The predicted molar refractivity (Wildman–Crippen MR) is 96.7 cm³/mol. The summed E-state index contributed by atoms with van der Waals surface area (Å²) in [5.74, 6) is 1.16. The zero-order valence-corrected chi connectivity index (χ0v) is 14.0. The van der Waals surface area contributed by atoms with Crippen LogP contribution in [0.25, 0.3) is 10.9 Å². The summed E-state index contributed by atoms with van der Waals surface area (Å²) in [6.07, 6.45) is 0.538. The highest BCUT2D eigenvalue weighted by Gasteiger charge is 2.20. The second-order valence-electron chi connectivity index (χ2n) is 5.57. The molecule has 1 atom stereocenters. The average Bonchev–Trinajstić information content (AvgIpc) is 3.10. The van der Waals surface area contributed by atoms with Gasteiger partial charge in [-0.1, -0.05) is 42.5 Å². The summed E-state index contributed by atoms with van der Waals surface area (Å²) in [6.45, 7) is 0. The summed E-state index contributed by atoms with van der Waals surface area (Å²) in [7, 11) is 0. The van der Waals surface area contributed by atoms with E-state index < -0.39 is 5.25 Å². The number of thiol groups is 1. The van der Waals surface area contributed by atoms with Gasteiger partial charge in [0.05, 0.1) is 17.3 Å². The lowest BCUT2D eigenvalue weighted by Gasteiger charge is -2.06. The Balaban J connectivity index is 1.63. The van der Waals surface area contributed by atoms with Crippen molar-refractivity contribution in [3.8, 4) is 0 Å². The molecular formula is C18H14N4O2S. The second-order valence-corrected chi connectivity index (χ2v) is 6.08. The van der Waals surface area contributed by atoms with Crippen molar-refractivity contribution < 1.29 is 4.42 Å². The number of H-pyrrole nitrogens is 1. The third kappa shape index (κ3) is 3.18. The second kappa shape index (κ2) is 6.52. The molecule has 0 aliphatic rings. The third-order valence-electron chi connectivity index (χ3n) is 3.80. The fraction of sp³-hybridized carbons (Fsp3) is 0.111. The van der Waals surface area contributed by atoms with Crippen LogP contribution in [0, 0.1) is 0 Å². The summed E-state index contributed by atoms with van der Waals surface area (Å²) >= 11 is 4.49. The third-order valence-corrected chi connectivity index (χ3v) is 4.27. The molecule has 1 unspecified atom stereocenters. The Morgan fingerprint density at radius 1 is 1.04 bits per heavy atom. The molecule has 0 aliphatic carbocycles. The number of fused-ring (bicyclic) bond motifs is 1. The molecule has 0 radical (unpaired) electrons. The number of aromatic amines is 1. The summed E-state index contributed by atoms with van der Waals surface area (Å²) in [4.78, 5) is 19.4. The van der Waals surface area contributed by atoms with Gasteiger partial charge in [-0.05, 0) is 17.7 Å². The number of nitrogens with one attached hydrogen (secondary N) is 1. The number of rotatable bonds is 4. The van der Waals surface area contributed by atoms with Gasteiger partial charge in [0, 0.05) is 0 Å². The Kier molecular flexibility index (Phi) is 4.07. The van der Waals surface area contributed by atoms with Crippen molar-refractivity contribution in [2.24, 2.45) is 0 Å². The van der Waals surface area contributed by atoms with Crippen molar-refractivity contribution >= 4 is 23.5 Å². The Hall–Kier alpha value is -2.93. The molecule has 1 N–H and O–H groups in total. The first-order chi connectivity index (χ1) is 12.2. The minimum Gasteiger partial charge on any atom is -0.423 e. The number of hydrogen-bond donors (Lipinski definition) is 2. The van der Waals surface area contributed by atoms with E-state index in [1.807, 2.05) is 36.4 Å². The largest absolute Gasteiger partial charge is 0.423 e. The molecule has 7 heteroatoms. The summed E-state index contributed by atoms with van der Waals surface area (Å²) in [5.41, 5.74) is 1.46.